The summed E-state index contributed by atoms with van der Waals surface area (Å²) in [5.74, 6) is 0.640. The van der Waals surface area contributed by atoms with E-state index in [1.807, 2.05) is 23.7 Å². The number of aromatic nitrogens is 3. The maximum Gasteiger partial charge on any atom is 0.232 e. The van der Waals surface area contributed by atoms with Crippen LogP contribution in [-0.4, -0.2) is 52.2 Å². The van der Waals surface area contributed by atoms with E-state index in [0.717, 1.165) is 49.8 Å². The number of hydrogen-bond acceptors (Lipinski definition) is 5. The van der Waals surface area contributed by atoms with Gasteiger partial charge < -0.3 is 9.80 Å². The van der Waals surface area contributed by atoms with E-state index in [0.29, 0.717) is 5.92 Å². The Labute approximate surface area is 168 Å². The highest BCUT2D eigenvalue weighted by molar-refractivity contribution is 7.13. The third-order valence-electron chi connectivity index (χ3n) is 5.95. The van der Waals surface area contributed by atoms with Crippen LogP contribution in [-0.2, 0) is 11.2 Å². The summed E-state index contributed by atoms with van der Waals surface area (Å²) in [6, 6.07) is 12.4. The summed E-state index contributed by atoms with van der Waals surface area (Å²) in [4.78, 5) is 22.4. The van der Waals surface area contributed by atoms with Gasteiger partial charge in [-0.25, -0.2) is 4.98 Å². The van der Waals surface area contributed by atoms with Crippen LogP contribution >= 0.6 is 11.3 Å². The van der Waals surface area contributed by atoms with Crippen molar-refractivity contribution >= 4 is 22.4 Å². The van der Waals surface area contributed by atoms with Gasteiger partial charge in [0.25, 0.3) is 0 Å². The molecule has 4 heterocycles. The van der Waals surface area contributed by atoms with Crippen molar-refractivity contribution < 1.29 is 4.79 Å². The van der Waals surface area contributed by atoms with Gasteiger partial charge >= 0.3 is 0 Å². The topological polar surface area (TPSA) is 65.1 Å². The minimum Gasteiger partial charge on any atom is -0.346 e. The fourth-order valence-corrected chi connectivity index (χ4v) is 5.17. The SMILES string of the molecule is O=C(N1CCC(c2ccn[nH]2)C1)C1(Cc2ccccc2)CN(c2nccs2)C1. The van der Waals surface area contributed by atoms with E-state index in [-0.39, 0.29) is 11.3 Å². The van der Waals surface area contributed by atoms with Crippen LogP contribution in [0, 0.1) is 5.41 Å². The molecule has 0 saturated carbocycles. The van der Waals surface area contributed by atoms with E-state index in [1.54, 1.807) is 17.5 Å². The number of aromatic amines is 1. The Morgan fingerprint density at radius 1 is 1.21 bits per heavy atom. The second-order valence-electron chi connectivity index (χ2n) is 7.86. The lowest BCUT2D eigenvalue weighted by Crippen LogP contribution is -2.64. The van der Waals surface area contributed by atoms with E-state index in [2.05, 4.69) is 49.2 Å². The molecule has 1 unspecified atom stereocenters. The number of nitrogens with one attached hydrogen (secondary N) is 1. The predicted octanol–water partition coefficient (Wildman–Crippen LogP) is 2.93. The van der Waals surface area contributed by atoms with E-state index in [9.17, 15) is 4.79 Å². The number of H-pyrrole nitrogens is 1. The zero-order chi connectivity index (χ0) is 19.0. The van der Waals surface area contributed by atoms with Gasteiger partial charge in [0.05, 0.1) is 5.41 Å². The average molecular weight is 394 g/mol. The van der Waals surface area contributed by atoms with E-state index in [1.165, 1.54) is 5.56 Å². The summed E-state index contributed by atoms with van der Waals surface area (Å²) in [6.07, 6.45) is 5.38. The highest BCUT2D eigenvalue weighted by Gasteiger charge is 2.52. The highest BCUT2D eigenvalue weighted by Crippen LogP contribution is 2.41. The van der Waals surface area contributed by atoms with Crippen molar-refractivity contribution in [3.05, 3.63) is 65.4 Å². The molecule has 0 spiro atoms. The maximum atomic E-state index is 13.6. The molecule has 28 heavy (non-hydrogen) atoms. The Bertz CT molecular complexity index is 919. The third kappa shape index (κ3) is 3.09. The number of nitrogens with zero attached hydrogens (tertiary/aromatic N) is 4. The minimum absolute atomic E-state index is 0.283. The quantitative estimate of drug-likeness (QED) is 0.724. The zero-order valence-corrected chi connectivity index (χ0v) is 16.4. The molecule has 1 N–H and O–H groups in total. The number of likely N-dealkylation sites (tertiary alicyclic amines) is 1. The van der Waals surface area contributed by atoms with Crippen molar-refractivity contribution in [3.63, 3.8) is 0 Å². The number of rotatable bonds is 5. The molecule has 0 radical (unpaired) electrons. The van der Waals surface area contributed by atoms with Crippen molar-refractivity contribution in [2.45, 2.75) is 18.8 Å². The van der Waals surface area contributed by atoms with Gasteiger partial charge in [0, 0.05) is 55.6 Å². The van der Waals surface area contributed by atoms with Crippen LogP contribution in [0.25, 0.3) is 0 Å². The van der Waals surface area contributed by atoms with E-state index >= 15 is 0 Å². The van der Waals surface area contributed by atoms with Gasteiger partial charge in [-0.1, -0.05) is 30.3 Å². The number of amides is 1. The van der Waals surface area contributed by atoms with Crippen LogP contribution in [0.15, 0.2) is 54.2 Å². The molecule has 3 aromatic rings. The molecule has 5 rings (SSSR count). The monoisotopic (exact) mass is 393 g/mol. The summed E-state index contributed by atoms with van der Waals surface area (Å²) >= 11 is 1.64. The first-order valence-electron chi connectivity index (χ1n) is 9.71. The molecule has 1 amide bonds. The molecule has 2 fully saturated rings. The van der Waals surface area contributed by atoms with Gasteiger partial charge in [-0.3, -0.25) is 9.89 Å². The number of carbonyl (C=O) groups is 1. The van der Waals surface area contributed by atoms with E-state index < -0.39 is 0 Å². The van der Waals surface area contributed by atoms with Crippen molar-refractivity contribution in [1.82, 2.24) is 20.1 Å². The van der Waals surface area contributed by atoms with Crippen LogP contribution in [0.3, 0.4) is 0 Å². The Kier molecular flexibility index (Phi) is 4.39. The van der Waals surface area contributed by atoms with Gasteiger partial charge in [0.15, 0.2) is 5.13 Å². The normalized spacial score (nSPS) is 20.9. The fraction of sp³-hybridized carbons (Fsp3) is 0.381. The maximum absolute atomic E-state index is 13.6. The molecule has 2 saturated heterocycles. The molecule has 1 atom stereocenters. The molecule has 2 aromatic heterocycles. The van der Waals surface area contributed by atoms with Crippen LogP contribution in [0.2, 0.25) is 0 Å². The first kappa shape index (κ1) is 17.4. The lowest BCUT2D eigenvalue weighted by molar-refractivity contribution is -0.142. The number of anilines is 1. The van der Waals surface area contributed by atoms with Crippen LogP contribution in [0.5, 0.6) is 0 Å². The van der Waals surface area contributed by atoms with Crippen LogP contribution < -0.4 is 4.90 Å². The Hall–Kier alpha value is -2.67. The van der Waals surface area contributed by atoms with Crippen LogP contribution in [0.1, 0.15) is 23.6 Å². The number of hydrogen-bond donors (Lipinski definition) is 1. The summed E-state index contributed by atoms with van der Waals surface area (Å²) in [7, 11) is 0. The van der Waals surface area contributed by atoms with Crippen molar-refractivity contribution in [2.75, 3.05) is 31.1 Å². The van der Waals surface area contributed by atoms with Gasteiger partial charge in [-0.05, 0) is 24.5 Å². The van der Waals surface area contributed by atoms with Crippen LogP contribution in [0.4, 0.5) is 5.13 Å². The Morgan fingerprint density at radius 3 is 2.79 bits per heavy atom. The molecule has 2 aliphatic heterocycles. The standard InChI is InChI=1S/C21H23N5OS/c27-19(25-10-7-17(13-25)18-6-8-23-24-18)21(12-16-4-2-1-3-5-16)14-26(15-21)20-22-9-11-28-20/h1-6,8-9,11,17H,7,10,12-15H2,(H,23,24). The third-order valence-corrected chi connectivity index (χ3v) is 6.79. The molecule has 0 aliphatic carbocycles. The highest BCUT2D eigenvalue weighted by atomic mass is 32.1. The summed E-state index contributed by atoms with van der Waals surface area (Å²) in [5.41, 5.74) is 1.99. The molecular weight excluding hydrogens is 370 g/mol. The number of thiazole rings is 1. The van der Waals surface area contributed by atoms with Gasteiger partial charge in [0.1, 0.15) is 0 Å². The lowest BCUT2D eigenvalue weighted by atomic mass is 9.73. The summed E-state index contributed by atoms with van der Waals surface area (Å²) in [5, 5.41) is 10.1. The number of carbonyl (C=O) groups excluding carboxylic acids is 1. The second kappa shape index (κ2) is 7.05. The van der Waals surface area contributed by atoms with Crippen molar-refractivity contribution in [3.8, 4) is 0 Å². The lowest BCUT2D eigenvalue weighted by Gasteiger charge is -2.50. The zero-order valence-electron chi connectivity index (χ0n) is 15.6. The van der Waals surface area contributed by atoms with E-state index in [4.69, 9.17) is 0 Å². The Balaban J connectivity index is 1.35. The fourth-order valence-electron chi connectivity index (χ4n) is 4.53. The molecular formula is C21H23N5OS. The van der Waals surface area contributed by atoms with Crippen molar-refractivity contribution in [1.29, 1.82) is 0 Å². The van der Waals surface area contributed by atoms with Gasteiger partial charge in [-0.2, -0.15) is 5.10 Å². The molecule has 7 heteroatoms. The van der Waals surface area contributed by atoms with Crippen molar-refractivity contribution in [2.24, 2.45) is 5.41 Å². The molecule has 6 nitrogen and oxygen atoms in total. The first-order chi connectivity index (χ1) is 13.7. The summed E-state index contributed by atoms with van der Waals surface area (Å²) < 4.78 is 0. The minimum atomic E-state index is -0.365. The second-order valence-corrected chi connectivity index (χ2v) is 8.74. The molecule has 0 bridgehead atoms. The summed E-state index contributed by atoms with van der Waals surface area (Å²) in [6.45, 7) is 3.06. The molecule has 2 aliphatic rings. The van der Waals surface area contributed by atoms with Gasteiger partial charge in [0.2, 0.25) is 5.91 Å². The van der Waals surface area contributed by atoms with Gasteiger partial charge in [-0.15, -0.1) is 11.3 Å². The largest absolute Gasteiger partial charge is 0.346 e. The molecule has 1 aromatic carbocycles. The molecule has 144 valence electrons. The predicted molar refractivity (Wildman–Crippen MR) is 109 cm³/mol. The average Bonchev–Trinajstić information content (AvgIpc) is 3.46. The smallest absolute Gasteiger partial charge is 0.232 e. The Morgan fingerprint density at radius 2 is 2.07 bits per heavy atom. The number of benzene rings is 1. The first-order valence-corrected chi connectivity index (χ1v) is 10.6.